The minimum Gasteiger partial charge on any atom is -0.871 e. The average molecular weight is 1090 g/mol. The van der Waals surface area contributed by atoms with Gasteiger partial charge in [0.05, 0.1) is 50.7 Å². The number of fused-ring (bicyclic) bond motifs is 9. The van der Waals surface area contributed by atoms with E-state index in [1.165, 1.54) is 63.5 Å². The molecule has 0 N–H and O–H groups in total. The molecule has 12 aromatic rings. The number of para-hydroxylation sites is 6. The van der Waals surface area contributed by atoms with Crippen LogP contribution in [0.4, 0.5) is 34.1 Å². The zero-order valence-corrected chi connectivity index (χ0v) is 46.0. The molecule has 0 spiro atoms. The van der Waals surface area contributed by atoms with Gasteiger partial charge in [0, 0.05) is 83.8 Å². The molecule has 6 heterocycles. The largest absolute Gasteiger partial charge is 3.00 e. The summed E-state index contributed by atoms with van der Waals surface area (Å²) in [4.78, 5) is 27.3. The van der Waals surface area contributed by atoms with Gasteiger partial charge in [-0.15, -0.1) is 0 Å². The molecule has 0 saturated carbocycles. The quantitative estimate of drug-likeness (QED) is 0.148. The van der Waals surface area contributed by atoms with Crippen LogP contribution in [0.1, 0.15) is 16.7 Å². The summed E-state index contributed by atoms with van der Waals surface area (Å²) in [5.74, 6) is -0.0851. The predicted octanol–water partition coefficient (Wildman–Crippen LogP) is 15.0. The van der Waals surface area contributed by atoms with Crippen molar-refractivity contribution in [3.63, 3.8) is 0 Å². The fraction of sp³-hybridized carbons (Fsp3) is 0.0455. The third-order valence-corrected chi connectivity index (χ3v) is 17.4. The fourth-order valence-electron chi connectivity index (χ4n) is 10.4. The van der Waals surface area contributed by atoms with Gasteiger partial charge < -0.3 is 30.0 Å². The minimum atomic E-state index is -0.0284. The molecule has 0 radical (unpaired) electrons. The Bertz CT molecular complexity index is 3680. The summed E-state index contributed by atoms with van der Waals surface area (Å²) in [6.45, 7) is 2.07. The van der Waals surface area contributed by atoms with Gasteiger partial charge >= 0.3 is 17.4 Å². The molecule has 79 heavy (non-hydrogen) atoms. The van der Waals surface area contributed by atoms with Crippen molar-refractivity contribution >= 4 is 119 Å². The molecule has 0 unspecified atom stereocenters. The Hall–Kier alpha value is -8.41. The van der Waals surface area contributed by atoms with E-state index in [0.29, 0.717) is 36.2 Å². The average Bonchev–Trinajstić information content (AvgIpc) is 3.49. The van der Waals surface area contributed by atoms with E-state index in [1.54, 1.807) is 72.1 Å². The fourth-order valence-corrected chi connectivity index (χ4v) is 13.7. The third-order valence-electron chi connectivity index (χ3n) is 14.1. The van der Waals surface area contributed by atoms with E-state index in [4.69, 9.17) is 0 Å². The second-order valence-electron chi connectivity index (χ2n) is 18.7. The maximum atomic E-state index is 12.1. The number of nitrogens with zero attached hydrogens (tertiary/aromatic N) is 6. The molecule has 3 aromatic heterocycles. The molecule has 0 saturated heterocycles. The van der Waals surface area contributed by atoms with Gasteiger partial charge in [-0.25, -0.2) is 0 Å². The zero-order chi connectivity index (χ0) is 52.5. The van der Waals surface area contributed by atoms with E-state index in [1.807, 2.05) is 54.6 Å². The minimum absolute atomic E-state index is 0. The van der Waals surface area contributed by atoms with E-state index < -0.39 is 0 Å². The van der Waals surface area contributed by atoms with Crippen LogP contribution in [0.25, 0.3) is 32.7 Å². The Labute approximate surface area is 481 Å². The van der Waals surface area contributed by atoms with Gasteiger partial charge in [0.15, 0.2) is 0 Å². The van der Waals surface area contributed by atoms with E-state index in [2.05, 4.69) is 175 Å². The summed E-state index contributed by atoms with van der Waals surface area (Å²) in [6.07, 6.45) is 5.03. The monoisotopic (exact) mass is 1090 g/mol. The molecule has 0 aliphatic carbocycles. The Kier molecular flexibility index (Phi) is 14.6. The van der Waals surface area contributed by atoms with E-state index in [0.717, 1.165) is 32.8 Å². The van der Waals surface area contributed by atoms with Crippen LogP contribution >= 0.6 is 35.3 Å². The number of aromatic nitrogens is 3. The number of rotatable bonds is 6. The van der Waals surface area contributed by atoms with Crippen molar-refractivity contribution in [3.05, 3.63) is 254 Å². The standard InChI is InChI=1S/3C22H16N2OS.Al/c3*25-19-12-11-15(16-6-5-13-23-22(16)19)14-24-17-7-1-3-9-20(17)26-21-10-4-2-8-18(21)24;/h3*1-13,25H,14H2;/q;;;+3/p-3. The Morgan fingerprint density at radius 3 is 0.747 bits per heavy atom. The van der Waals surface area contributed by atoms with Crippen LogP contribution in [-0.4, -0.2) is 32.3 Å². The maximum Gasteiger partial charge on any atom is 3.00 e. The summed E-state index contributed by atoms with van der Waals surface area (Å²) < 4.78 is 0. The summed E-state index contributed by atoms with van der Waals surface area (Å²) in [7, 11) is 0. The van der Waals surface area contributed by atoms with Crippen LogP contribution in [0.15, 0.2) is 266 Å². The van der Waals surface area contributed by atoms with Crippen LogP contribution in [0.2, 0.25) is 0 Å². The number of hydrogen-bond donors (Lipinski definition) is 0. The Balaban J connectivity index is 0.000000118. The summed E-state index contributed by atoms with van der Waals surface area (Å²) in [6, 6.07) is 73.0. The second-order valence-corrected chi connectivity index (χ2v) is 22.0. The summed E-state index contributed by atoms with van der Waals surface area (Å²) >= 11 is 5.40. The van der Waals surface area contributed by atoms with Crippen molar-refractivity contribution < 1.29 is 15.3 Å². The van der Waals surface area contributed by atoms with Crippen LogP contribution in [0, 0.1) is 0 Å². The van der Waals surface area contributed by atoms with Crippen molar-refractivity contribution in [2.24, 2.45) is 0 Å². The molecule has 9 nitrogen and oxygen atoms in total. The molecule has 378 valence electrons. The Morgan fingerprint density at radius 1 is 0.278 bits per heavy atom. The first kappa shape index (κ1) is 51.4. The predicted molar refractivity (Wildman–Crippen MR) is 318 cm³/mol. The van der Waals surface area contributed by atoms with E-state index >= 15 is 0 Å². The van der Waals surface area contributed by atoms with Crippen LogP contribution < -0.4 is 30.0 Å². The molecule has 15 rings (SSSR count). The van der Waals surface area contributed by atoms with Gasteiger partial charge in [-0.2, -0.15) is 0 Å². The second kappa shape index (κ2) is 22.5. The van der Waals surface area contributed by atoms with Gasteiger partial charge in [0.25, 0.3) is 0 Å². The summed E-state index contributed by atoms with van der Waals surface area (Å²) in [5, 5.41) is 39.2. The zero-order valence-electron chi connectivity index (χ0n) is 42.3. The first-order valence-electron chi connectivity index (χ1n) is 25.4. The van der Waals surface area contributed by atoms with Crippen molar-refractivity contribution in [3.8, 4) is 17.2 Å². The first-order valence-corrected chi connectivity index (χ1v) is 27.9. The summed E-state index contributed by atoms with van der Waals surface area (Å²) in [5.41, 5.74) is 12.1. The van der Waals surface area contributed by atoms with E-state index in [-0.39, 0.29) is 34.6 Å². The first-order chi connectivity index (χ1) is 38.4. The molecule has 13 heteroatoms. The number of pyridine rings is 3. The molecule has 9 aromatic carbocycles. The van der Waals surface area contributed by atoms with Crippen LogP contribution in [0.5, 0.6) is 17.2 Å². The van der Waals surface area contributed by atoms with Crippen molar-refractivity contribution in [2.75, 3.05) is 14.7 Å². The number of benzene rings is 9. The smallest absolute Gasteiger partial charge is 0.871 e. The van der Waals surface area contributed by atoms with Gasteiger partial charge in [-0.05, 0) is 108 Å². The Morgan fingerprint density at radius 2 is 0.506 bits per heavy atom. The molecule has 0 fully saturated rings. The SMILES string of the molecule is [Al+3].[O-]c1ccc(CN2c3ccccc3Sc3ccccc32)c2cccnc12.[O-]c1ccc(CN2c3ccccc3Sc3ccccc32)c2cccnc12.[O-]c1ccc(CN2c3ccccc3Sc3ccccc32)c2cccnc12. The molecular formula is C66H45AlN6O3S3. The van der Waals surface area contributed by atoms with E-state index in [9.17, 15) is 15.3 Å². The van der Waals surface area contributed by atoms with Crippen molar-refractivity contribution in [1.29, 1.82) is 0 Å². The van der Waals surface area contributed by atoms with Crippen LogP contribution in [0.3, 0.4) is 0 Å². The topological polar surface area (TPSA) is 118 Å². The molecule has 3 aliphatic heterocycles. The maximum absolute atomic E-state index is 12.1. The number of hydrogen-bond acceptors (Lipinski definition) is 12. The number of anilines is 6. The third kappa shape index (κ3) is 10.1. The van der Waals surface area contributed by atoms with Gasteiger partial charge in [-0.1, -0.05) is 180 Å². The van der Waals surface area contributed by atoms with Gasteiger partial charge in [-0.3, -0.25) is 15.0 Å². The molecular weight excluding hydrogens is 1050 g/mol. The van der Waals surface area contributed by atoms with Gasteiger partial charge in [0.1, 0.15) is 0 Å². The van der Waals surface area contributed by atoms with Crippen molar-refractivity contribution in [1.82, 2.24) is 15.0 Å². The van der Waals surface area contributed by atoms with Crippen LogP contribution in [-0.2, 0) is 19.6 Å². The molecule has 0 atom stereocenters. The van der Waals surface area contributed by atoms with Gasteiger partial charge in [0.2, 0.25) is 0 Å². The normalized spacial score (nSPS) is 12.5. The van der Waals surface area contributed by atoms with Crippen molar-refractivity contribution in [2.45, 2.75) is 49.0 Å². The molecule has 0 bridgehead atoms. The molecule has 3 aliphatic rings. The molecule has 0 amide bonds.